The van der Waals surface area contributed by atoms with E-state index in [4.69, 9.17) is 0 Å². The highest BCUT2D eigenvalue weighted by Crippen LogP contribution is 2.34. The average molecular weight is 337 g/mol. The Kier molecular flexibility index (Phi) is 6.49. The summed E-state index contributed by atoms with van der Waals surface area (Å²) in [7, 11) is 0. The van der Waals surface area contributed by atoms with E-state index in [1.807, 2.05) is 0 Å². The van der Waals surface area contributed by atoms with Crippen LogP contribution in [0.2, 0.25) is 0 Å². The summed E-state index contributed by atoms with van der Waals surface area (Å²) in [6.45, 7) is 6.32. The van der Waals surface area contributed by atoms with Gasteiger partial charge < -0.3 is 10.2 Å². The Bertz CT molecular complexity index is 501. The van der Waals surface area contributed by atoms with Gasteiger partial charge in [0.2, 0.25) is 5.91 Å². The zero-order valence-corrected chi connectivity index (χ0v) is 14.9. The third-order valence-electron chi connectivity index (χ3n) is 5.52. The number of carbonyl (C=O) groups excluding carboxylic acids is 1. The van der Waals surface area contributed by atoms with Gasteiger partial charge in [-0.15, -0.1) is 12.4 Å². The van der Waals surface area contributed by atoms with Gasteiger partial charge in [-0.2, -0.15) is 0 Å². The number of carbonyl (C=O) groups is 1. The highest BCUT2D eigenvalue weighted by molar-refractivity contribution is 5.85. The van der Waals surface area contributed by atoms with Crippen molar-refractivity contribution in [2.45, 2.75) is 44.4 Å². The van der Waals surface area contributed by atoms with Gasteiger partial charge in [0, 0.05) is 24.9 Å². The largest absolute Gasteiger partial charge is 0.342 e. The smallest absolute Gasteiger partial charge is 0.222 e. The lowest BCUT2D eigenvalue weighted by atomic mass is 9.82. The van der Waals surface area contributed by atoms with Crippen LogP contribution < -0.4 is 5.32 Å². The fraction of sp³-hybridized carbons (Fsp3) is 0.632. The number of amides is 1. The van der Waals surface area contributed by atoms with E-state index >= 15 is 0 Å². The molecule has 1 aromatic carbocycles. The van der Waals surface area contributed by atoms with Crippen molar-refractivity contribution in [2.75, 3.05) is 26.2 Å². The summed E-state index contributed by atoms with van der Waals surface area (Å²) in [5.74, 6) is 1.10. The number of piperidine rings is 1. The zero-order valence-electron chi connectivity index (χ0n) is 14.1. The normalized spacial score (nSPS) is 25.2. The maximum Gasteiger partial charge on any atom is 0.222 e. The third-order valence-corrected chi connectivity index (χ3v) is 5.52. The Morgan fingerprint density at radius 2 is 1.96 bits per heavy atom. The summed E-state index contributed by atoms with van der Waals surface area (Å²) in [4.78, 5) is 14.6. The molecule has 4 heteroatoms. The van der Waals surface area contributed by atoms with Crippen LogP contribution in [0.1, 0.15) is 44.6 Å². The predicted molar refractivity (Wildman–Crippen MR) is 97.1 cm³/mol. The Hall–Kier alpha value is -1.06. The number of benzene rings is 1. The topological polar surface area (TPSA) is 32.3 Å². The Morgan fingerprint density at radius 3 is 2.65 bits per heavy atom. The van der Waals surface area contributed by atoms with Gasteiger partial charge in [0.05, 0.1) is 0 Å². The minimum atomic E-state index is 0. The van der Waals surface area contributed by atoms with Crippen molar-refractivity contribution >= 4 is 18.3 Å². The van der Waals surface area contributed by atoms with Crippen LogP contribution in [0.5, 0.6) is 0 Å². The van der Waals surface area contributed by atoms with Crippen molar-refractivity contribution in [1.29, 1.82) is 0 Å². The van der Waals surface area contributed by atoms with Gasteiger partial charge in [0.25, 0.3) is 0 Å². The predicted octanol–water partition coefficient (Wildman–Crippen LogP) is 3.38. The van der Waals surface area contributed by atoms with Crippen molar-refractivity contribution in [1.82, 2.24) is 10.2 Å². The van der Waals surface area contributed by atoms with Crippen LogP contribution >= 0.6 is 12.4 Å². The molecular formula is C19H29ClN2O. The number of halogens is 1. The molecule has 2 saturated heterocycles. The maximum absolute atomic E-state index is 12.5. The molecular weight excluding hydrogens is 308 g/mol. The second-order valence-electron chi connectivity index (χ2n) is 7.22. The molecule has 1 unspecified atom stereocenters. The molecule has 2 aliphatic heterocycles. The number of hydrogen-bond acceptors (Lipinski definition) is 2. The monoisotopic (exact) mass is 336 g/mol. The number of rotatable bonds is 4. The molecule has 0 bridgehead atoms. The van der Waals surface area contributed by atoms with Crippen LogP contribution in [0.25, 0.3) is 0 Å². The molecule has 2 fully saturated rings. The lowest BCUT2D eigenvalue weighted by Crippen LogP contribution is -2.33. The van der Waals surface area contributed by atoms with Crippen molar-refractivity contribution in [3.8, 4) is 0 Å². The van der Waals surface area contributed by atoms with Crippen molar-refractivity contribution in [3.63, 3.8) is 0 Å². The molecule has 23 heavy (non-hydrogen) atoms. The molecule has 2 heterocycles. The van der Waals surface area contributed by atoms with Gasteiger partial charge in [-0.25, -0.2) is 0 Å². The molecule has 0 saturated carbocycles. The maximum atomic E-state index is 12.5. The summed E-state index contributed by atoms with van der Waals surface area (Å²) < 4.78 is 0. The van der Waals surface area contributed by atoms with Gasteiger partial charge >= 0.3 is 0 Å². The Balaban J connectivity index is 0.00000192. The molecule has 0 aromatic heterocycles. The number of likely N-dealkylation sites (tertiary alicyclic amines) is 1. The molecule has 1 amide bonds. The molecule has 0 aliphatic carbocycles. The van der Waals surface area contributed by atoms with Crippen LogP contribution in [0, 0.1) is 5.92 Å². The van der Waals surface area contributed by atoms with Gasteiger partial charge in [-0.3, -0.25) is 4.79 Å². The van der Waals surface area contributed by atoms with E-state index in [-0.39, 0.29) is 17.8 Å². The molecule has 128 valence electrons. The Labute approximate surface area is 146 Å². The number of hydrogen-bond donors (Lipinski definition) is 1. The first-order chi connectivity index (χ1) is 10.7. The number of nitrogens with one attached hydrogen (secondary N) is 1. The summed E-state index contributed by atoms with van der Waals surface area (Å²) in [6, 6.07) is 10.7. The first-order valence-corrected chi connectivity index (χ1v) is 8.71. The molecule has 1 N–H and O–H groups in total. The molecule has 3 rings (SSSR count). The first-order valence-electron chi connectivity index (χ1n) is 8.71. The summed E-state index contributed by atoms with van der Waals surface area (Å²) in [5.41, 5.74) is 1.50. The standard InChI is InChI=1S/C19H28N2O.ClH/c1-19(17-5-3-2-4-6-17)11-14-21(15-19)18(22)8-7-16-9-12-20-13-10-16;/h2-6,16,20H,7-15H2,1H3;1H. The highest BCUT2D eigenvalue weighted by Gasteiger charge is 2.37. The van der Waals surface area contributed by atoms with E-state index in [0.717, 1.165) is 51.4 Å². The van der Waals surface area contributed by atoms with Crippen LogP contribution in [0.15, 0.2) is 30.3 Å². The molecule has 1 atom stereocenters. The quantitative estimate of drug-likeness (QED) is 0.914. The zero-order chi connectivity index (χ0) is 15.4. The van der Waals surface area contributed by atoms with Crippen molar-refractivity contribution in [3.05, 3.63) is 35.9 Å². The minimum absolute atomic E-state index is 0. The third kappa shape index (κ3) is 4.48. The van der Waals surface area contributed by atoms with Crippen LogP contribution in [0.4, 0.5) is 0 Å². The second kappa shape index (κ2) is 8.16. The van der Waals surface area contributed by atoms with E-state index in [2.05, 4.69) is 47.5 Å². The van der Waals surface area contributed by atoms with E-state index in [1.165, 1.54) is 18.4 Å². The van der Waals surface area contributed by atoms with E-state index in [1.54, 1.807) is 0 Å². The fourth-order valence-corrected chi connectivity index (χ4v) is 3.91. The SMILES string of the molecule is CC1(c2ccccc2)CCN(C(=O)CCC2CCNCC2)C1.Cl. The summed E-state index contributed by atoms with van der Waals surface area (Å²) in [6.07, 6.45) is 5.34. The molecule has 1 aromatic rings. The highest BCUT2D eigenvalue weighted by atomic mass is 35.5. The molecule has 0 radical (unpaired) electrons. The Morgan fingerprint density at radius 1 is 1.26 bits per heavy atom. The molecule has 3 nitrogen and oxygen atoms in total. The molecule has 2 aliphatic rings. The van der Waals surface area contributed by atoms with Crippen LogP contribution in [-0.2, 0) is 10.2 Å². The minimum Gasteiger partial charge on any atom is -0.342 e. The van der Waals surface area contributed by atoms with E-state index < -0.39 is 0 Å². The lowest BCUT2D eigenvalue weighted by Gasteiger charge is -2.26. The van der Waals surface area contributed by atoms with Gasteiger partial charge in [-0.1, -0.05) is 37.3 Å². The van der Waals surface area contributed by atoms with Gasteiger partial charge in [-0.05, 0) is 50.3 Å². The first kappa shape index (κ1) is 18.3. The lowest BCUT2D eigenvalue weighted by molar-refractivity contribution is -0.130. The number of nitrogens with zero attached hydrogens (tertiary/aromatic N) is 1. The summed E-state index contributed by atoms with van der Waals surface area (Å²) >= 11 is 0. The van der Waals surface area contributed by atoms with E-state index in [0.29, 0.717) is 5.91 Å². The van der Waals surface area contributed by atoms with Gasteiger partial charge in [0.1, 0.15) is 0 Å². The second-order valence-corrected chi connectivity index (χ2v) is 7.22. The van der Waals surface area contributed by atoms with Crippen molar-refractivity contribution < 1.29 is 4.79 Å². The summed E-state index contributed by atoms with van der Waals surface area (Å²) in [5, 5.41) is 3.39. The van der Waals surface area contributed by atoms with Gasteiger partial charge in [0.15, 0.2) is 0 Å². The molecule has 0 spiro atoms. The average Bonchev–Trinajstić information content (AvgIpc) is 2.98. The van der Waals surface area contributed by atoms with Crippen LogP contribution in [-0.4, -0.2) is 37.0 Å². The van der Waals surface area contributed by atoms with E-state index in [9.17, 15) is 4.79 Å². The van der Waals surface area contributed by atoms with Crippen molar-refractivity contribution in [2.24, 2.45) is 5.92 Å². The van der Waals surface area contributed by atoms with Crippen LogP contribution in [0.3, 0.4) is 0 Å². The fourth-order valence-electron chi connectivity index (χ4n) is 3.91.